The van der Waals surface area contributed by atoms with E-state index in [1.807, 2.05) is 0 Å². The highest BCUT2D eigenvalue weighted by atomic mass is 16.5. The van der Waals surface area contributed by atoms with Crippen LogP contribution in [0.2, 0.25) is 0 Å². The van der Waals surface area contributed by atoms with Gasteiger partial charge in [-0.05, 0) is 6.42 Å². The van der Waals surface area contributed by atoms with Gasteiger partial charge in [0, 0.05) is 20.3 Å². The summed E-state index contributed by atoms with van der Waals surface area (Å²) < 4.78 is 6.39. The van der Waals surface area contributed by atoms with Crippen LogP contribution in [0.1, 0.15) is 18.2 Å². The van der Waals surface area contributed by atoms with Crippen LogP contribution in [0.5, 0.6) is 0 Å². The van der Waals surface area contributed by atoms with Gasteiger partial charge in [-0.15, -0.1) is 5.10 Å². The Morgan fingerprint density at radius 2 is 2.43 bits per heavy atom. The smallest absolute Gasteiger partial charge is 0.120 e. The molecular formula is C8H15N3O3. The Hall–Kier alpha value is -0.980. The van der Waals surface area contributed by atoms with E-state index < -0.39 is 6.10 Å². The molecule has 1 aromatic rings. The van der Waals surface area contributed by atoms with Crippen molar-refractivity contribution in [2.24, 2.45) is 0 Å². The lowest BCUT2D eigenvalue weighted by Crippen LogP contribution is -2.13. The first-order valence-corrected chi connectivity index (χ1v) is 4.45. The van der Waals surface area contributed by atoms with Gasteiger partial charge in [-0.25, -0.2) is 4.68 Å². The quantitative estimate of drug-likeness (QED) is 0.638. The van der Waals surface area contributed by atoms with Gasteiger partial charge in [-0.1, -0.05) is 5.21 Å². The lowest BCUT2D eigenvalue weighted by atomic mass is 10.3. The molecule has 0 aliphatic rings. The Balaban J connectivity index is 2.61. The van der Waals surface area contributed by atoms with Crippen molar-refractivity contribution < 1.29 is 14.9 Å². The maximum Gasteiger partial charge on any atom is 0.120 e. The average Bonchev–Trinajstić information content (AvgIpc) is 2.63. The molecular weight excluding hydrogens is 186 g/mol. The fourth-order valence-corrected chi connectivity index (χ4v) is 1.16. The van der Waals surface area contributed by atoms with E-state index in [1.54, 1.807) is 4.68 Å². The van der Waals surface area contributed by atoms with Gasteiger partial charge in [0.2, 0.25) is 0 Å². The molecule has 0 spiro atoms. The number of hydrogen-bond donors (Lipinski definition) is 2. The van der Waals surface area contributed by atoms with Gasteiger partial charge in [-0.3, -0.25) is 0 Å². The SMILES string of the molecule is COC[C@@H](O)c1cnnn1CCCO. The summed E-state index contributed by atoms with van der Waals surface area (Å²) in [5.74, 6) is 0. The monoisotopic (exact) mass is 201 g/mol. The maximum absolute atomic E-state index is 9.60. The van der Waals surface area contributed by atoms with E-state index in [4.69, 9.17) is 9.84 Å². The second-order valence-electron chi connectivity index (χ2n) is 2.93. The minimum atomic E-state index is -0.714. The fourth-order valence-electron chi connectivity index (χ4n) is 1.16. The van der Waals surface area contributed by atoms with E-state index in [0.717, 1.165) is 0 Å². The first-order chi connectivity index (χ1) is 6.79. The third-order valence-electron chi connectivity index (χ3n) is 1.84. The standard InChI is InChI=1S/C8H15N3O3/c1-14-6-8(13)7-5-9-10-11(7)3-2-4-12/h5,8,12-13H,2-4,6H2,1H3/t8-/m1/s1. The average molecular weight is 201 g/mol. The molecule has 14 heavy (non-hydrogen) atoms. The van der Waals surface area contributed by atoms with E-state index in [1.165, 1.54) is 13.3 Å². The predicted octanol–water partition coefficient (Wildman–Crippen LogP) is -0.660. The van der Waals surface area contributed by atoms with E-state index in [0.29, 0.717) is 18.7 Å². The van der Waals surface area contributed by atoms with Gasteiger partial charge in [0.15, 0.2) is 0 Å². The molecule has 0 aliphatic heterocycles. The van der Waals surface area contributed by atoms with Crippen molar-refractivity contribution in [3.8, 4) is 0 Å². The summed E-state index contributed by atoms with van der Waals surface area (Å²) >= 11 is 0. The molecule has 80 valence electrons. The second kappa shape index (κ2) is 5.69. The molecule has 0 radical (unpaired) electrons. The lowest BCUT2D eigenvalue weighted by Gasteiger charge is -2.10. The molecule has 1 rings (SSSR count). The number of nitrogens with zero attached hydrogens (tertiary/aromatic N) is 3. The Labute approximate surface area is 82.1 Å². The van der Waals surface area contributed by atoms with Crippen molar-refractivity contribution in [2.75, 3.05) is 20.3 Å². The van der Waals surface area contributed by atoms with E-state index in [2.05, 4.69) is 10.3 Å². The highest BCUT2D eigenvalue weighted by Gasteiger charge is 2.13. The first-order valence-electron chi connectivity index (χ1n) is 4.45. The highest BCUT2D eigenvalue weighted by Crippen LogP contribution is 2.11. The molecule has 2 N–H and O–H groups in total. The highest BCUT2D eigenvalue weighted by molar-refractivity contribution is 4.98. The summed E-state index contributed by atoms with van der Waals surface area (Å²) in [5.41, 5.74) is 0.611. The van der Waals surface area contributed by atoms with Crippen LogP contribution in [0.3, 0.4) is 0 Å². The summed E-state index contributed by atoms with van der Waals surface area (Å²) in [5, 5.41) is 25.7. The Kier molecular flexibility index (Phi) is 4.51. The molecule has 0 aromatic carbocycles. The number of aliphatic hydroxyl groups excluding tert-OH is 2. The normalized spacial score (nSPS) is 13.1. The van der Waals surface area contributed by atoms with Gasteiger partial charge in [-0.2, -0.15) is 0 Å². The minimum absolute atomic E-state index is 0.0969. The topological polar surface area (TPSA) is 80.4 Å². The summed E-state index contributed by atoms with van der Waals surface area (Å²) in [7, 11) is 1.52. The Morgan fingerprint density at radius 1 is 1.64 bits per heavy atom. The van der Waals surface area contributed by atoms with Gasteiger partial charge >= 0.3 is 0 Å². The van der Waals surface area contributed by atoms with Crippen LogP contribution in [-0.2, 0) is 11.3 Å². The number of aliphatic hydroxyl groups is 2. The van der Waals surface area contributed by atoms with E-state index >= 15 is 0 Å². The van der Waals surface area contributed by atoms with Crippen LogP contribution in [-0.4, -0.2) is 45.5 Å². The van der Waals surface area contributed by atoms with Crippen molar-refractivity contribution >= 4 is 0 Å². The lowest BCUT2D eigenvalue weighted by molar-refractivity contribution is 0.0583. The number of rotatable bonds is 6. The number of aryl methyl sites for hydroxylation is 1. The summed E-state index contributed by atoms with van der Waals surface area (Å²) in [4.78, 5) is 0. The maximum atomic E-state index is 9.60. The molecule has 0 aliphatic carbocycles. The fraction of sp³-hybridized carbons (Fsp3) is 0.750. The molecule has 1 heterocycles. The Morgan fingerprint density at radius 3 is 3.07 bits per heavy atom. The van der Waals surface area contributed by atoms with Crippen LogP contribution in [0, 0.1) is 0 Å². The molecule has 6 nitrogen and oxygen atoms in total. The molecule has 1 atom stereocenters. The van der Waals surface area contributed by atoms with Crippen molar-refractivity contribution in [3.05, 3.63) is 11.9 Å². The first kappa shape index (κ1) is 11.1. The molecule has 0 amide bonds. The molecule has 0 saturated heterocycles. The molecule has 0 fully saturated rings. The van der Waals surface area contributed by atoms with Gasteiger partial charge in [0.05, 0.1) is 18.5 Å². The van der Waals surface area contributed by atoms with Crippen LogP contribution in [0.15, 0.2) is 6.20 Å². The van der Waals surface area contributed by atoms with Crippen LogP contribution >= 0.6 is 0 Å². The van der Waals surface area contributed by atoms with E-state index in [-0.39, 0.29) is 13.2 Å². The second-order valence-corrected chi connectivity index (χ2v) is 2.93. The molecule has 0 saturated carbocycles. The molecule has 1 aromatic heterocycles. The third kappa shape index (κ3) is 2.76. The number of methoxy groups -OCH3 is 1. The van der Waals surface area contributed by atoms with Crippen LogP contribution < -0.4 is 0 Å². The van der Waals surface area contributed by atoms with E-state index in [9.17, 15) is 5.11 Å². The largest absolute Gasteiger partial charge is 0.396 e. The predicted molar refractivity (Wildman–Crippen MR) is 48.6 cm³/mol. The molecule has 6 heteroatoms. The van der Waals surface area contributed by atoms with Crippen molar-refractivity contribution in [2.45, 2.75) is 19.1 Å². The Bertz CT molecular complexity index is 264. The zero-order chi connectivity index (χ0) is 10.4. The van der Waals surface area contributed by atoms with Gasteiger partial charge in [0.25, 0.3) is 0 Å². The summed E-state index contributed by atoms with van der Waals surface area (Å²) in [6, 6.07) is 0. The van der Waals surface area contributed by atoms with Crippen LogP contribution in [0.4, 0.5) is 0 Å². The number of aromatic nitrogens is 3. The number of ether oxygens (including phenoxy) is 1. The molecule has 0 bridgehead atoms. The minimum Gasteiger partial charge on any atom is -0.396 e. The summed E-state index contributed by atoms with van der Waals surface area (Å²) in [6.07, 6.45) is 1.38. The van der Waals surface area contributed by atoms with Gasteiger partial charge < -0.3 is 14.9 Å². The van der Waals surface area contributed by atoms with Crippen molar-refractivity contribution in [3.63, 3.8) is 0 Å². The number of hydrogen-bond acceptors (Lipinski definition) is 5. The van der Waals surface area contributed by atoms with Gasteiger partial charge in [0.1, 0.15) is 6.10 Å². The van der Waals surface area contributed by atoms with Crippen molar-refractivity contribution in [1.29, 1.82) is 0 Å². The van der Waals surface area contributed by atoms with Crippen molar-refractivity contribution in [1.82, 2.24) is 15.0 Å². The van der Waals surface area contributed by atoms with Crippen LogP contribution in [0.25, 0.3) is 0 Å². The zero-order valence-corrected chi connectivity index (χ0v) is 8.13. The third-order valence-corrected chi connectivity index (χ3v) is 1.84. The summed E-state index contributed by atoms with van der Waals surface area (Å²) in [6.45, 7) is 0.860. The molecule has 0 unspecified atom stereocenters. The zero-order valence-electron chi connectivity index (χ0n) is 8.13.